The third kappa shape index (κ3) is 3.60. The lowest BCUT2D eigenvalue weighted by Gasteiger charge is -2.10. The molecule has 1 atom stereocenters. The molecule has 0 bridgehead atoms. The van der Waals surface area contributed by atoms with Gasteiger partial charge in [-0.2, -0.15) is 0 Å². The van der Waals surface area contributed by atoms with Gasteiger partial charge in [0.05, 0.1) is 6.61 Å². The van der Waals surface area contributed by atoms with E-state index in [1.54, 1.807) is 0 Å². The molecule has 2 aromatic rings. The topological polar surface area (TPSA) is 35.2 Å². The highest BCUT2D eigenvalue weighted by molar-refractivity contribution is 5.30. The lowest BCUT2D eigenvalue weighted by molar-refractivity contribution is 0.321. The fraction of sp³-hybridized carbons (Fsp3) is 0.250. The van der Waals surface area contributed by atoms with Crippen molar-refractivity contribution in [3.8, 4) is 5.75 Å². The first-order valence-electron chi connectivity index (χ1n) is 6.28. The fourth-order valence-corrected chi connectivity index (χ4v) is 1.82. The number of hydrogen-bond acceptors (Lipinski definition) is 2. The summed E-state index contributed by atoms with van der Waals surface area (Å²) < 4.78 is 5.75. The minimum atomic E-state index is 0.0441. The molecule has 0 aliphatic heterocycles. The SMILES string of the molecule is C[C@@H](N)c1cccc(OCCc2ccccc2)c1. The molecular formula is C16H19NO. The summed E-state index contributed by atoms with van der Waals surface area (Å²) in [5.74, 6) is 0.890. The lowest BCUT2D eigenvalue weighted by atomic mass is 10.1. The monoisotopic (exact) mass is 241 g/mol. The molecule has 0 aliphatic carbocycles. The van der Waals surface area contributed by atoms with Gasteiger partial charge in [0, 0.05) is 12.5 Å². The number of rotatable bonds is 5. The second kappa shape index (κ2) is 6.22. The smallest absolute Gasteiger partial charge is 0.119 e. The quantitative estimate of drug-likeness (QED) is 0.871. The Morgan fingerprint density at radius 3 is 2.56 bits per heavy atom. The second-order valence-electron chi connectivity index (χ2n) is 4.45. The Labute approximate surface area is 108 Å². The number of hydrogen-bond donors (Lipinski definition) is 1. The van der Waals surface area contributed by atoms with Gasteiger partial charge in [0.2, 0.25) is 0 Å². The first-order valence-corrected chi connectivity index (χ1v) is 6.28. The average Bonchev–Trinajstić information content (AvgIpc) is 2.40. The highest BCUT2D eigenvalue weighted by Gasteiger charge is 2.01. The van der Waals surface area contributed by atoms with Crippen molar-refractivity contribution in [2.75, 3.05) is 6.61 Å². The Bertz CT molecular complexity index is 479. The van der Waals surface area contributed by atoms with Crippen LogP contribution in [-0.2, 0) is 6.42 Å². The first kappa shape index (κ1) is 12.7. The lowest BCUT2D eigenvalue weighted by Crippen LogP contribution is -2.06. The summed E-state index contributed by atoms with van der Waals surface area (Å²) in [6.45, 7) is 2.66. The summed E-state index contributed by atoms with van der Waals surface area (Å²) in [5.41, 5.74) is 8.24. The van der Waals surface area contributed by atoms with Crippen LogP contribution in [0.25, 0.3) is 0 Å². The third-order valence-corrected chi connectivity index (χ3v) is 2.89. The Hall–Kier alpha value is -1.80. The van der Waals surface area contributed by atoms with Gasteiger partial charge in [-0.15, -0.1) is 0 Å². The largest absolute Gasteiger partial charge is 0.493 e. The maximum atomic E-state index is 5.85. The van der Waals surface area contributed by atoms with E-state index >= 15 is 0 Å². The standard InChI is InChI=1S/C16H19NO/c1-13(17)15-8-5-9-16(12-15)18-11-10-14-6-3-2-4-7-14/h2-9,12-13H,10-11,17H2,1H3/t13-/m1/s1. The van der Waals surface area contributed by atoms with E-state index in [9.17, 15) is 0 Å². The van der Waals surface area contributed by atoms with E-state index in [0.717, 1.165) is 17.7 Å². The number of ether oxygens (including phenoxy) is 1. The average molecular weight is 241 g/mol. The van der Waals surface area contributed by atoms with E-state index in [0.29, 0.717) is 6.61 Å². The maximum absolute atomic E-state index is 5.85. The van der Waals surface area contributed by atoms with E-state index in [-0.39, 0.29) is 6.04 Å². The van der Waals surface area contributed by atoms with Crippen molar-refractivity contribution in [2.24, 2.45) is 5.73 Å². The molecule has 0 amide bonds. The van der Waals surface area contributed by atoms with Gasteiger partial charge in [-0.1, -0.05) is 42.5 Å². The summed E-state index contributed by atoms with van der Waals surface area (Å²) in [6, 6.07) is 18.4. The summed E-state index contributed by atoms with van der Waals surface area (Å²) in [7, 11) is 0. The molecule has 18 heavy (non-hydrogen) atoms. The van der Waals surface area contributed by atoms with E-state index < -0.39 is 0 Å². The van der Waals surface area contributed by atoms with Crippen LogP contribution in [0.1, 0.15) is 24.1 Å². The third-order valence-electron chi connectivity index (χ3n) is 2.89. The molecule has 0 spiro atoms. The summed E-state index contributed by atoms with van der Waals surface area (Å²) >= 11 is 0. The summed E-state index contributed by atoms with van der Waals surface area (Å²) in [4.78, 5) is 0. The second-order valence-corrected chi connectivity index (χ2v) is 4.45. The highest BCUT2D eigenvalue weighted by Crippen LogP contribution is 2.17. The predicted octanol–water partition coefficient (Wildman–Crippen LogP) is 3.33. The molecule has 0 unspecified atom stereocenters. The van der Waals surface area contributed by atoms with Gasteiger partial charge in [0.1, 0.15) is 5.75 Å². The van der Waals surface area contributed by atoms with Crippen molar-refractivity contribution in [3.05, 3.63) is 65.7 Å². The van der Waals surface area contributed by atoms with Crippen molar-refractivity contribution >= 4 is 0 Å². The van der Waals surface area contributed by atoms with E-state index in [2.05, 4.69) is 12.1 Å². The molecule has 0 saturated carbocycles. The molecule has 0 fully saturated rings. The molecule has 2 rings (SSSR count). The van der Waals surface area contributed by atoms with Crippen molar-refractivity contribution in [2.45, 2.75) is 19.4 Å². The molecule has 0 saturated heterocycles. The zero-order chi connectivity index (χ0) is 12.8. The molecular weight excluding hydrogens is 222 g/mol. The zero-order valence-electron chi connectivity index (χ0n) is 10.7. The van der Waals surface area contributed by atoms with Crippen molar-refractivity contribution < 1.29 is 4.74 Å². The molecule has 0 radical (unpaired) electrons. The van der Waals surface area contributed by atoms with Crippen molar-refractivity contribution in [3.63, 3.8) is 0 Å². The van der Waals surface area contributed by atoms with Gasteiger partial charge >= 0.3 is 0 Å². The molecule has 0 aliphatic rings. The van der Waals surface area contributed by atoms with Gasteiger partial charge in [0.25, 0.3) is 0 Å². The molecule has 2 aromatic carbocycles. The van der Waals surface area contributed by atoms with Gasteiger partial charge in [-0.05, 0) is 30.2 Å². The minimum absolute atomic E-state index is 0.0441. The van der Waals surface area contributed by atoms with Crippen LogP contribution in [0.3, 0.4) is 0 Å². The Kier molecular flexibility index (Phi) is 4.37. The molecule has 2 nitrogen and oxygen atoms in total. The normalized spacial score (nSPS) is 12.1. The van der Waals surface area contributed by atoms with Crippen LogP contribution in [0.5, 0.6) is 5.75 Å². The number of benzene rings is 2. The first-order chi connectivity index (χ1) is 8.75. The van der Waals surface area contributed by atoms with Crippen molar-refractivity contribution in [1.29, 1.82) is 0 Å². The van der Waals surface area contributed by atoms with Crippen LogP contribution in [-0.4, -0.2) is 6.61 Å². The Morgan fingerprint density at radius 1 is 1.06 bits per heavy atom. The van der Waals surface area contributed by atoms with E-state index in [1.165, 1.54) is 5.56 Å². The molecule has 0 heterocycles. The zero-order valence-corrected chi connectivity index (χ0v) is 10.7. The van der Waals surface area contributed by atoms with Gasteiger partial charge < -0.3 is 10.5 Å². The summed E-state index contributed by atoms with van der Waals surface area (Å²) in [5, 5.41) is 0. The highest BCUT2D eigenvalue weighted by atomic mass is 16.5. The Balaban J connectivity index is 1.89. The molecule has 94 valence electrons. The molecule has 2 heteroatoms. The van der Waals surface area contributed by atoms with Crippen LogP contribution < -0.4 is 10.5 Å². The minimum Gasteiger partial charge on any atom is -0.493 e. The fourth-order valence-electron chi connectivity index (χ4n) is 1.82. The van der Waals surface area contributed by atoms with Gasteiger partial charge in [-0.25, -0.2) is 0 Å². The van der Waals surface area contributed by atoms with Crippen LogP contribution in [0, 0.1) is 0 Å². The maximum Gasteiger partial charge on any atom is 0.119 e. The van der Waals surface area contributed by atoms with Crippen molar-refractivity contribution in [1.82, 2.24) is 0 Å². The van der Waals surface area contributed by atoms with Gasteiger partial charge in [-0.3, -0.25) is 0 Å². The van der Waals surface area contributed by atoms with E-state index in [1.807, 2.05) is 49.4 Å². The van der Waals surface area contributed by atoms with Crippen LogP contribution in [0.15, 0.2) is 54.6 Å². The predicted molar refractivity (Wildman–Crippen MR) is 74.7 cm³/mol. The molecule has 2 N–H and O–H groups in total. The van der Waals surface area contributed by atoms with Crippen LogP contribution in [0.4, 0.5) is 0 Å². The molecule has 0 aromatic heterocycles. The summed E-state index contributed by atoms with van der Waals surface area (Å²) in [6.07, 6.45) is 0.920. The van der Waals surface area contributed by atoms with E-state index in [4.69, 9.17) is 10.5 Å². The van der Waals surface area contributed by atoms with Gasteiger partial charge in [0.15, 0.2) is 0 Å². The number of nitrogens with two attached hydrogens (primary N) is 1. The van der Waals surface area contributed by atoms with Crippen LogP contribution in [0.2, 0.25) is 0 Å². The van der Waals surface area contributed by atoms with Crippen LogP contribution >= 0.6 is 0 Å². The Morgan fingerprint density at radius 2 is 1.83 bits per heavy atom.